The molecule has 0 saturated carbocycles. The first-order valence-electron chi connectivity index (χ1n) is 4.95. The average molecular weight is 230 g/mol. The highest BCUT2D eigenvalue weighted by Crippen LogP contribution is 2.16. The van der Waals surface area contributed by atoms with E-state index in [9.17, 15) is 4.79 Å². The Morgan fingerprint density at radius 3 is 2.65 bits per heavy atom. The maximum atomic E-state index is 10.4. The molecular formula is C11H10N4O2. The smallest absolute Gasteiger partial charge is 0.325 e. The Balaban J connectivity index is 2.06. The summed E-state index contributed by atoms with van der Waals surface area (Å²) < 4.78 is 1.29. The van der Waals surface area contributed by atoms with Crippen LogP contribution in [0, 0.1) is 0 Å². The highest BCUT2D eigenvalue weighted by atomic mass is 16.4. The molecule has 0 saturated heterocycles. The fourth-order valence-electron chi connectivity index (χ4n) is 1.24. The van der Waals surface area contributed by atoms with Gasteiger partial charge in [0, 0.05) is 0 Å². The zero-order valence-corrected chi connectivity index (χ0v) is 8.89. The van der Waals surface area contributed by atoms with Crippen molar-refractivity contribution in [1.82, 2.24) is 9.78 Å². The average Bonchev–Trinajstić information content (AvgIpc) is 2.75. The highest BCUT2D eigenvalue weighted by Gasteiger charge is 2.01. The fraction of sp³-hybridized carbons (Fsp3) is 0.0909. The number of carboxylic acid groups (broad SMARTS) is 1. The Morgan fingerprint density at radius 1 is 1.24 bits per heavy atom. The molecule has 2 rings (SSSR count). The predicted molar refractivity (Wildman–Crippen MR) is 60.5 cm³/mol. The number of aliphatic carboxylic acids is 1. The SMILES string of the molecule is O=C(O)Cn1cc(/N=N/c2ccccc2)cn1. The second kappa shape index (κ2) is 5.02. The number of hydrogen-bond acceptors (Lipinski definition) is 4. The molecule has 6 heteroatoms. The number of hydrogen-bond donors (Lipinski definition) is 1. The van der Waals surface area contributed by atoms with Crippen molar-refractivity contribution in [3.63, 3.8) is 0 Å². The maximum absolute atomic E-state index is 10.4. The van der Waals surface area contributed by atoms with E-state index in [1.54, 1.807) is 0 Å². The van der Waals surface area contributed by atoms with Crippen molar-refractivity contribution >= 4 is 17.3 Å². The van der Waals surface area contributed by atoms with Crippen molar-refractivity contribution in [2.45, 2.75) is 6.54 Å². The third-order valence-electron chi connectivity index (χ3n) is 1.95. The van der Waals surface area contributed by atoms with Crippen LogP contribution in [0.2, 0.25) is 0 Å². The summed E-state index contributed by atoms with van der Waals surface area (Å²) in [6.07, 6.45) is 3.00. The molecule has 17 heavy (non-hydrogen) atoms. The van der Waals surface area contributed by atoms with E-state index in [0.29, 0.717) is 5.69 Å². The van der Waals surface area contributed by atoms with Crippen molar-refractivity contribution in [2.75, 3.05) is 0 Å². The molecule has 0 aliphatic rings. The second-order valence-electron chi connectivity index (χ2n) is 3.33. The second-order valence-corrected chi connectivity index (χ2v) is 3.33. The number of carboxylic acids is 1. The number of rotatable bonds is 4. The molecule has 1 heterocycles. The van der Waals surface area contributed by atoms with Gasteiger partial charge in [0.05, 0.1) is 18.1 Å². The quantitative estimate of drug-likeness (QED) is 0.819. The van der Waals surface area contributed by atoms with Crippen LogP contribution in [0.4, 0.5) is 11.4 Å². The van der Waals surface area contributed by atoms with Crippen LogP contribution in [0.5, 0.6) is 0 Å². The van der Waals surface area contributed by atoms with E-state index in [1.165, 1.54) is 17.1 Å². The van der Waals surface area contributed by atoms with Crippen LogP contribution in [0.1, 0.15) is 0 Å². The number of azo groups is 1. The first kappa shape index (κ1) is 11.0. The Kier molecular flexibility index (Phi) is 3.25. The molecule has 0 radical (unpaired) electrons. The van der Waals surface area contributed by atoms with E-state index < -0.39 is 5.97 Å². The van der Waals surface area contributed by atoms with Crippen molar-refractivity contribution in [2.24, 2.45) is 10.2 Å². The van der Waals surface area contributed by atoms with E-state index in [1.807, 2.05) is 30.3 Å². The van der Waals surface area contributed by atoms with Crippen LogP contribution in [-0.2, 0) is 11.3 Å². The van der Waals surface area contributed by atoms with Gasteiger partial charge in [-0.25, -0.2) is 0 Å². The third-order valence-corrected chi connectivity index (χ3v) is 1.95. The Morgan fingerprint density at radius 2 is 1.94 bits per heavy atom. The Bertz CT molecular complexity index is 533. The van der Waals surface area contributed by atoms with Gasteiger partial charge in [-0.05, 0) is 12.1 Å². The molecule has 1 N–H and O–H groups in total. The van der Waals surface area contributed by atoms with Crippen molar-refractivity contribution in [1.29, 1.82) is 0 Å². The van der Waals surface area contributed by atoms with Crippen molar-refractivity contribution in [3.8, 4) is 0 Å². The normalized spacial score (nSPS) is 10.8. The Labute approximate surface area is 97.2 Å². The third kappa shape index (κ3) is 3.23. The van der Waals surface area contributed by atoms with Gasteiger partial charge in [0.1, 0.15) is 12.2 Å². The van der Waals surface area contributed by atoms with E-state index >= 15 is 0 Å². The predicted octanol–water partition coefficient (Wildman–Crippen LogP) is 2.38. The minimum absolute atomic E-state index is 0.180. The molecule has 0 spiro atoms. The monoisotopic (exact) mass is 230 g/mol. The lowest BCUT2D eigenvalue weighted by molar-refractivity contribution is -0.137. The first-order valence-corrected chi connectivity index (χ1v) is 4.95. The number of aromatic nitrogens is 2. The minimum Gasteiger partial charge on any atom is -0.480 e. The van der Waals surface area contributed by atoms with Crippen LogP contribution < -0.4 is 0 Å². The summed E-state index contributed by atoms with van der Waals surface area (Å²) in [6, 6.07) is 9.27. The molecule has 0 atom stereocenters. The molecule has 0 bridgehead atoms. The molecule has 86 valence electrons. The topological polar surface area (TPSA) is 79.8 Å². The van der Waals surface area contributed by atoms with Crippen LogP contribution in [0.25, 0.3) is 0 Å². The summed E-state index contributed by atoms with van der Waals surface area (Å²) in [7, 11) is 0. The van der Waals surface area contributed by atoms with Crippen molar-refractivity contribution < 1.29 is 9.90 Å². The van der Waals surface area contributed by atoms with Gasteiger partial charge in [0.15, 0.2) is 0 Å². The van der Waals surface area contributed by atoms with E-state index in [4.69, 9.17) is 5.11 Å². The van der Waals surface area contributed by atoms with E-state index in [-0.39, 0.29) is 6.54 Å². The van der Waals surface area contributed by atoms with Gasteiger partial charge in [0.2, 0.25) is 0 Å². The van der Waals surface area contributed by atoms with Gasteiger partial charge in [0.25, 0.3) is 0 Å². The largest absolute Gasteiger partial charge is 0.480 e. The van der Waals surface area contributed by atoms with Crippen LogP contribution in [0.3, 0.4) is 0 Å². The summed E-state index contributed by atoms with van der Waals surface area (Å²) >= 11 is 0. The molecule has 0 unspecified atom stereocenters. The number of benzene rings is 1. The van der Waals surface area contributed by atoms with E-state index in [0.717, 1.165) is 5.69 Å². The van der Waals surface area contributed by atoms with Crippen LogP contribution in [-0.4, -0.2) is 20.9 Å². The molecule has 1 aromatic heterocycles. The maximum Gasteiger partial charge on any atom is 0.325 e. The molecule has 0 aliphatic heterocycles. The molecule has 1 aromatic carbocycles. The molecular weight excluding hydrogens is 220 g/mol. The molecule has 0 amide bonds. The van der Waals surface area contributed by atoms with Gasteiger partial charge in [-0.1, -0.05) is 18.2 Å². The molecule has 2 aromatic rings. The molecule has 0 aliphatic carbocycles. The number of carbonyl (C=O) groups is 1. The van der Waals surface area contributed by atoms with E-state index in [2.05, 4.69) is 15.3 Å². The summed E-state index contributed by atoms with van der Waals surface area (Å²) in [5, 5.41) is 20.4. The lowest BCUT2D eigenvalue weighted by atomic mass is 10.3. The van der Waals surface area contributed by atoms with Gasteiger partial charge in [-0.2, -0.15) is 10.2 Å². The summed E-state index contributed by atoms with van der Waals surface area (Å²) in [6.45, 7) is -0.180. The van der Waals surface area contributed by atoms with Gasteiger partial charge >= 0.3 is 5.97 Å². The lowest BCUT2D eigenvalue weighted by Crippen LogP contribution is -2.08. The van der Waals surface area contributed by atoms with Crippen molar-refractivity contribution in [3.05, 3.63) is 42.7 Å². The highest BCUT2D eigenvalue weighted by molar-refractivity contribution is 5.66. The van der Waals surface area contributed by atoms with Gasteiger partial charge < -0.3 is 5.11 Å². The summed E-state index contributed by atoms with van der Waals surface area (Å²) in [5.74, 6) is -0.945. The summed E-state index contributed by atoms with van der Waals surface area (Å²) in [5.41, 5.74) is 1.26. The standard InChI is InChI=1S/C11H10N4O2/c16-11(17)8-15-7-10(6-12-15)14-13-9-4-2-1-3-5-9/h1-7H,8H2,(H,16,17)/b14-13+. The lowest BCUT2D eigenvalue weighted by Gasteiger charge is -1.92. The van der Waals surface area contributed by atoms with Gasteiger partial charge in [-0.3, -0.25) is 9.48 Å². The van der Waals surface area contributed by atoms with Crippen LogP contribution >= 0.6 is 0 Å². The van der Waals surface area contributed by atoms with Gasteiger partial charge in [-0.15, -0.1) is 5.11 Å². The minimum atomic E-state index is -0.945. The number of nitrogens with zero attached hydrogens (tertiary/aromatic N) is 4. The summed E-state index contributed by atoms with van der Waals surface area (Å²) in [4.78, 5) is 10.4. The fourth-order valence-corrected chi connectivity index (χ4v) is 1.24. The Hall–Kier alpha value is -2.50. The van der Waals surface area contributed by atoms with Crippen LogP contribution in [0.15, 0.2) is 53.0 Å². The molecule has 6 nitrogen and oxygen atoms in total. The zero-order chi connectivity index (χ0) is 12.1. The first-order chi connectivity index (χ1) is 8.24. The zero-order valence-electron chi connectivity index (χ0n) is 8.89. The molecule has 0 fully saturated rings.